The molecular weight excluding hydrogens is 385 g/mol. The molecule has 1 N–H and O–H groups in total. The van der Waals surface area contributed by atoms with E-state index in [-0.39, 0.29) is 11.5 Å². The lowest BCUT2D eigenvalue weighted by atomic mass is 10.1. The van der Waals surface area contributed by atoms with Crippen LogP contribution in [0, 0.1) is 17.5 Å². The second-order valence-electron chi connectivity index (χ2n) is 7.41. The normalized spacial score (nSPS) is 22.6. The van der Waals surface area contributed by atoms with Gasteiger partial charge in [-0.05, 0) is 38.1 Å². The molecule has 0 saturated carbocycles. The summed E-state index contributed by atoms with van der Waals surface area (Å²) >= 11 is 1.24. The number of nitrogens with zero attached hydrogens (tertiary/aromatic N) is 3. The molecule has 150 valence electrons. The fourth-order valence-electron chi connectivity index (χ4n) is 3.93. The smallest absolute Gasteiger partial charge is 0.150 e. The van der Waals surface area contributed by atoms with Crippen molar-refractivity contribution in [2.45, 2.75) is 25.9 Å². The van der Waals surface area contributed by atoms with E-state index in [0.29, 0.717) is 30.0 Å². The summed E-state index contributed by atoms with van der Waals surface area (Å²) in [6, 6.07) is 9.02. The maximum atomic E-state index is 14.6. The molecule has 0 radical (unpaired) electrons. The molecule has 2 atom stereocenters. The van der Waals surface area contributed by atoms with Gasteiger partial charge >= 0.3 is 0 Å². The number of nitrogens with one attached hydrogen (secondary N) is 1. The third kappa shape index (κ3) is 3.81. The molecule has 0 spiro atoms. The van der Waals surface area contributed by atoms with Gasteiger partial charge in [-0.1, -0.05) is 6.07 Å². The molecule has 0 aliphatic carbocycles. The van der Waals surface area contributed by atoms with Crippen molar-refractivity contribution in [3.05, 3.63) is 53.8 Å². The summed E-state index contributed by atoms with van der Waals surface area (Å²) in [5, 5.41) is 3.50. The van der Waals surface area contributed by atoms with Crippen LogP contribution in [0.4, 0.5) is 30.2 Å². The molecule has 1 saturated heterocycles. The van der Waals surface area contributed by atoms with E-state index in [2.05, 4.69) is 24.1 Å². The Morgan fingerprint density at radius 2 is 1.71 bits per heavy atom. The van der Waals surface area contributed by atoms with Crippen LogP contribution in [0.3, 0.4) is 0 Å². The van der Waals surface area contributed by atoms with Gasteiger partial charge in [-0.3, -0.25) is 13.5 Å². The molecule has 8 heteroatoms. The van der Waals surface area contributed by atoms with E-state index in [1.807, 2.05) is 4.31 Å². The highest BCUT2D eigenvalue weighted by Crippen LogP contribution is 2.50. The van der Waals surface area contributed by atoms with Crippen molar-refractivity contribution in [1.82, 2.24) is 10.2 Å². The summed E-state index contributed by atoms with van der Waals surface area (Å²) in [7, 11) is 0. The highest BCUT2D eigenvalue weighted by molar-refractivity contribution is 8.02. The van der Waals surface area contributed by atoms with Crippen molar-refractivity contribution in [2.75, 3.05) is 34.8 Å². The van der Waals surface area contributed by atoms with E-state index in [1.54, 1.807) is 16.4 Å². The molecule has 0 aromatic heterocycles. The molecule has 2 aromatic carbocycles. The van der Waals surface area contributed by atoms with Gasteiger partial charge in [0.2, 0.25) is 0 Å². The minimum atomic E-state index is -0.672. The lowest BCUT2D eigenvalue weighted by molar-refractivity contribution is 0.178. The summed E-state index contributed by atoms with van der Waals surface area (Å²) in [6.07, 6.45) is 0. The second-order valence-corrected chi connectivity index (χ2v) is 8.38. The fraction of sp³-hybridized carbons (Fsp3) is 0.400. The molecule has 4 nitrogen and oxygen atoms in total. The van der Waals surface area contributed by atoms with Gasteiger partial charge in [-0.25, -0.2) is 13.2 Å². The van der Waals surface area contributed by atoms with Gasteiger partial charge in [0.25, 0.3) is 0 Å². The Labute approximate surface area is 167 Å². The molecule has 0 bridgehead atoms. The predicted molar refractivity (Wildman–Crippen MR) is 108 cm³/mol. The second kappa shape index (κ2) is 7.85. The van der Waals surface area contributed by atoms with Crippen LogP contribution in [-0.4, -0.2) is 43.2 Å². The maximum absolute atomic E-state index is 14.6. The summed E-state index contributed by atoms with van der Waals surface area (Å²) < 4.78 is 45.8. The Balaban J connectivity index is 1.56. The molecule has 4 rings (SSSR count). The van der Waals surface area contributed by atoms with Crippen molar-refractivity contribution in [1.29, 1.82) is 0 Å². The quantitative estimate of drug-likeness (QED) is 0.759. The largest absolute Gasteiger partial charge is 0.309 e. The summed E-state index contributed by atoms with van der Waals surface area (Å²) in [5.41, 5.74) is 1.22. The average Bonchev–Trinajstić information content (AvgIpc) is 2.99. The third-order valence-electron chi connectivity index (χ3n) is 4.99. The minimum Gasteiger partial charge on any atom is -0.309 e. The van der Waals surface area contributed by atoms with Gasteiger partial charge in [0, 0.05) is 44.3 Å². The number of hydrogen-bond donors (Lipinski definition) is 1. The third-order valence-corrected chi connectivity index (χ3v) is 6.11. The van der Waals surface area contributed by atoms with Crippen LogP contribution in [0.1, 0.15) is 13.8 Å². The van der Waals surface area contributed by atoms with Crippen molar-refractivity contribution in [2.24, 2.45) is 0 Å². The first-order valence-corrected chi connectivity index (χ1v) is 10.1. The molecule has 2 unspecified atom stereocenters. The zero-order valence-electron chi connectivity index (χ0n) is 15.8. The number of hydrogen-bond acceptors (Lipinski definition) is 5. The van der Waals surface area contributed by atoms with Crippen LogP contribution < -0.4 is 13.9 Å². The SMILES string of the molecule is CC1CN(CCN2SN(c3ccc(F)cc3F)c3cccc(F)c32)CC(C)N1. The van der Waals surface area contributed by atoms with E-state index in [1.165, 1.54) is 30.3 Å². The van der Waals surface area contributed by atoms with Crippen LogP contribution in [0.5, 0.6) is 0 Å². The standard InChI is InChI=1S/C20H23F3N4S/c1-13-11-25(12-14(2)24-13)8-9-26-20-16(22)4-3-5-19(20)27(28-26)18-7-6-15(21)10-17(18)23/h3-7,10,13-14,24H,8-9,11-12H2,1-2H3. The predicted octanol–water partition coefficient (Wildman–Crippen LogP) is 4.31. The van der Waals surface area contributed by atoms with Crippen molar-refractivity contribution in [3.8, 4) is 0 Å². The van der Waals surface area contributed by atoms with Crippen molar-refractivity contribution in [3.63, 3.8) is 0 Å². The Hall–Kier alpha value is -1.90. The van der Waals surface area contributed by atoms with Gasteiger partial charge < -0.3 is 5.32 Å². The van der Waals surface area contributed by atoms with Gasteiger partial charge in [-0.15, -0.1) is 0 Å². The Morgan fingerprint density at radius 3 is 2.43 bits per heavy atom. The first-order chi connectivity index (χ1) is 13.4. The zero-order chi connectivity index (χ0) is 19.8. The molecule has 2 heterocycles. The number of benzene rings is 2. The van der Waals surface area contributed by atoms with Gasteiger partial charge in [0.1, 0.15) is 17.3 Å². The summed E-state index contributed by atoms with van der Waals surface area (Å²) in [5.74, 6) is -1.66. The molecule has 2 aliphatic rings. The number of anilines is 3. The van der Waals surface area contributed by atoms with Crippen LogP contribution in [0.25, 0.3) is 0 Å². The van der Waals surface area contributed by atoms with E-state index in [4.69, 9.17) is 0 Å². The van der Waals surface area contributed by atoms with E-state index >= 15 is 0 Å². The fourth-order valence-corrected chi connectivity index (χ4v) is 5.02. The molecule has 28 heavy (non-hydrogen) atoms. The van der Waals surface area contributed by atoms with Gasteiger partial charge in [0.15, 0.2) is 5.82 Å². The molecule has 2 aliphatic heterocycles. The Kier molecular flexibility index (Phi) is 5.44. The number of halogens is 3. The van der Waals surface area contributed by atoms with Crippen LogP contribution >= 0.6 is 12.1 Å². The molecule has 0 amide bonds. The topological polar surface area (TPSA) is 21.8 Å². The van der Waals surface area contributed by atoms with Crippen molar-refractivity contribution < 1.29 is 13.2 Å². The maximum Gasteiger partial charge on any atom is 0.150 e. The number of fused-ring (bicyclic) bond motifs is 1. The van der Waals surface area contributed by atoms with Crippen LogP contribution in [0.15, 0.2) is 36.4 Å². The average molecular weight is 408 g/mol. The van der Waals surface area contributed by atoms with E-state index < -0.39 is 11.6 Å². The lowest BCUT2D eigenvalue weighted by Crippen LogP contribution is -2.55. The van der Waals surface area contributed by atoms with E-state index in [0.717, 1.165) is 25.7 Å². The Bertz CT molecular complexity index is 855. The summed E-state index contributed by atoms with van der Waals surface area (Å²) in [6.45, 7) is 7.54. The van der Waals surface area contributed by atoms with Crippen LogP contribution in [0.2, 0.25) is 0 Å². The number of piperazine rings is 1. The van der Waals surface area contributed by atoms with Gasteiger partial charge in [0.05, 0.1) is 23.5 Å². The van der Waals surface area contributed by atoms with Crippen LogP contribution in [-0.2, 0) is 0 Å². The molecular formula is C20H23F3N4S. The number of para-hydroxylation sites is 1. The van der Waals surface area contributed by atoms with Crippen molar-refractivity contribution >= 4 is 29.2 Å². The molecule has 2 aromatic rings. The molecule has 1 fully saturated rings. The lowest BCUT2D eigenvalue weighted by Gasteiger charge is -2.36. The highest BCUT2D eigenvalue weighted by Gasteiger charge is 2.33. The zero-order valence-corrected chi connectivity index (χ0v) is 16.6. The highest BCUT2D eigenvalue weighted by atomic mass is 32.2. The first-order valence-electron chi connectivity index (χ1n) is 9.40. The number of rotatable bonds is 4. The summed E-state index contributed by atoms with van der Waals surface area (Å²) in [4.78, 5) is 2.36. The van der Waals surface area contributed by atoms with E-state index in [9.17, 15) is 13.2 Å². The monoisotopic (exact) mass is 408 g/mol. The minimum absolute atomic E-state index is 0.213. The first kappa shape index (κ1) is 19.4. The Morgan fingerprint density at radius 1 is 0.964 bits per heavy atom. The van der Waals surface area contributed by atoms with Gasteiger partial charge in [-0.2, -0.15) is 0 Å².